The van der Waals surface area contributed by atoms with Crippen LogP contribution in [-0.4, -0.2) is 54.6 Å². The van der Waals surface area contributed by atoms with Crippen LogP contribution in [0, 0.1) is 17.8 Å². The summed E-state index contributed by atoms with van der Waals surface area (Å²) in [6.07, 6.45) is 0.850. The smallest absolute Gasteiger partial charge is 0.305 e. The molecule has 164 valence electrons. The summed E-state index contributed by atoms with van der Waals surface area (Å²) in [5.74, 6) is -4.96. The number of aromatic nitrogens is 2. The molecule has 1 aromatic rings. The second-order valence-corrected chi connectivity index (χ2v) is 8.97. The summed E-state index contributed by atoms with van der Waals surface area (Å²) in [5.41, 5.74) is 0.114. The molecule has 5 rings (SSSR count). The SMILES string of the molecule is COC(=O)C[C@@H]1[C@H]2CN(c3nc(N4CC(F)(F)C4C)nc4c3CCCC4(F)F)C[C@@H]12. The van der Waals surface area contributed by atoms with Crippen LogP contribution in [0.25, 0.3) is 0 Å². The Hall–Kier alpha value is -2.13. The first-order chi connectivity index (χ1) is 14.1. The summed E-state index contributed by atoms with van der Waals surface area (Å²) in [6, 6.07) is -1.13. The average Bonchev–Trinajstić information content (AvgIpc) is 3.13. The molecule has 6 nitrogen and oxygen atoms in total. The third-order valence-corrected chi connectivity index (χ3v) is 7.26. The van der Waals surface area contributed by atoms with Crippen LogP contribution in [0.5, 0.6) is 0 Å². The molecule has 1 saturated carbocycles. The molecule has 0 N–H and O–H groups in total. The minimum atomic E-state index is -3.09. The molecule has 4 atom stereocenters. The zero-order valence-electron chi connectivity index (χ0n) is 16.9. The van der Waals surface area contributed by atoms with Gasteiger partial charge in [0.1, 0.15) is 11.5 Å². The maximum atomic E-state index is 14.7. The minimum Gasteiger partial charge on any atom is -0.469 e. The predicted octanol–water partition coefficient (Wildman–Crippen LogP) is 2.99. The summed E-state index contributed by atoms with van der Waals surface area (Å²) in [7, 11) is 1.36. The Bertz CT molecular complexity index is 884. The molecule has 4 aliphatic rings. The van der Waals surface area contributed by atoms with Crippen molar-refractivity contribution in [3.05, 3.63) is 11.3 Å². The lowest BCUT2D eigenvalue weighted by Gasteiger charge is -2.46. The topological polar surface area (TPSA) is 58.6 Å². The molecule has 1 aromatic heterocycles. The molecular weight excluding hydrogens is 404 g/mol. The van der Waals surface area contributed by atoms with E-state index in [0.29, 0.717) is 55.6 Å². The zero-order valence-corrected chi connectivity index (χ0v) is 16.9. The number of hydrogen-bond donors (Lipinski definition) is 0. The maximum absolute atomic E-state index is 14.7. The molecule has 3 fully saturated rings. The fourth-order valence-corrected chi connectivity index (χ4v) is 5.25. The van der Waals surface area contributed by atoms with E-state index in [2.05, 4.69) is 9.97 Å². The number of fused-ring (bicyclic) bond motifs is 2. The highest BCUT2D eigenvalue weighted by Crippen LogP contribution is 2.55. The molecule has 2 aliphatic carbocycles. The van der Waals surface area contributed by atoms with Crippen LogP contribution in [0.4, 0.5) is 29.3 Å². The largest absolute Gasteiger partial charge is 0.469 e. The second kappa shape index (κ2) is 6.43. The lowest BCUT2D eigenvalue weighted by molar-refractivity contribution is -0.141. The van der Waals surface area contributed by atoms with E-state index in [9.17, 15) is 22.4 Å². The van der Waals surface area contributed by atoms with Gasteiger partial charge in [0.05, 0.1) is 19.7 Å². The quantitative estimate of drug-likeness (QED) is 0.543. The van der Waals surface area contributed by atoms with E-state index >= 15 is 0 Å². The highest BCUT2D eigenvalue weighted by Gasteiger charge is 2.58. The number of piperidine rings is 1. The molecule has 0 bridgehead atoms. The van der Waals surface area contributed by atoms with Gasteiger partial charge in [-0.2, -0.15) is 13.8 Å². The zero-order chi connectivity index (χ0) is 21.4. The lowest BCUT2D eigenvalue weighted by atomic mass is 9.92. The number of rotatable bonds is 4. The summed E-state index contributed by atoms with van der Waals surface area (Å²) >= 11 is 0. The first kappa shape index (κ1) is 19.8. The third-order valence-electron chi connectivity index (χ3n) is 7.26. The molecule has 2 saturated heterocycles. The van der Waals surface area contributed by atoms with Gasteiger partial charge in [-0.1, -0.05) is 0 Å². The Morgan fingerprint density at radius 3 is 2.50 bits per heavy atom. The highest BCUT2D eigenvalue weighted by molar-refractivity contribution is 5.70. The molecule has 2 aliphatic heterocycles. The van der Waals surface area contributed by atoms with E-state index in [1.165, 1.54) is 18.9 Å². The van der Waals surface area contributed by atoms with Gasteiger partial charge < -0.3 is 14.5 Å². The van der Waals surface area contributed by atoms with Crippen LogP contribution < -0.4 is 9.80 Å². The van der Waals surface area contributed by atoms with Crippen LogP contribution in [0.2, 0.25) is 0 Å². The number of alkyl halides is 4. The Balaban J connectivity index is 1.44. The van der Waals surface area contributed by atoms with Crippen molar-refractivity contribution in [2.75, 3.05) is 36.5 Å². The van der Waals surface area contributed by atoms with Gasteiger partial charge in [-0.05, 0) is 37.5 Å². The van der Waals surface area contributed by atoms with Crippen molar-refractivity contribution in [2.24, 2.45) is 17.8 Å². The molecule has 1 unspecified atom stereocenters. The minimum absolute atomic E-state index is 0.0459. The molecule has 3 heterocycles. The fourth-order valence-electron chi connectivity index (χ4n) is 5.25. The molecule has 10 heteroatoms. The van der Waals surface area contributed by atoms with Gasteiger partial charge in [0.15, 0.2) is 0 Å². The van der Waals surface area contributed by atoms with Gasteiger partial charge in [-0.15, -0.1) is 0 Å². The molecule has 30 heavy (non-hydrogen) atoms. The number of halogens is 4. The number of esters is 1. The van der Waals surface area contributed by atoms with Gasteiger partial charge in [0.2, 0.25) is 5.95 Å². The van der Waals surface area contributed by atoms with Crippen molar-refractivity contribution in [3.63, 3.8) is 0 Å². The normalized spacial score (nSPS) is 32.9. The first-order valence-electron chi connectivity index (χ1n) is 10.4. The monoisotopic (exact) mass is 428 g/mol. The number of carbonyl (C=O) groups is 1. The summed E-state index contributed by atoms with van der Waals surface area (Å²) in [4.78, 5) is 23.4. The Morgan fingerprint density at radius 2 is 1.90 bits per heavy atom. The number of nitrogens with zero attached hydrogens (tertiary/aromatic N) is 4. The van der Waals surface area contributed by atoms with Gasteiger partial charge >= 0.3 is 5.97 Å². The van der Waals surface area contributed by atoms with Crippen LogP contribution in [0.3, 0.4) is 0 Å². The molecule has 0 spiro atoms. The predicted molar refractivity (Wildman–Crippen MR) is 99.9 cm³/mol. The summed E-state index contributed by atoms with van der Waals surface area (Å²) < 4.78 is 61.5. The number of hydrogen-bond acceptors (Lipinski definition) is 6. The van der Waals surface area contributed by atoms with Gasteiger partial charge in [0.25, 0.3) is 11.8 Å². The number of methoxy groups -OCH3 is 1. The highest BCUT2D eigenvalue weighted by atomic mass is 19.3. The first-order valence-corrected chi connectivity index (χ1v) is 10.4. The van der Waals surface area contributed by atoms with Gasteiger partial charge in [-0.25, -0.2) is 13.8 Å². The summed E-state index contributed by atoms with van der Waals surface area (Å²) in [6.45, 7) is 2.02. The summed E-state index contributed by atoms with van der Waals surface area (Å²) in [5, 5.41) is 0. The van der Waals surface area contributed by atoms with E-state index < -0.39 is 24.4 Å². The molecule has 0 amide bonds. The molecule has 0 aromatic carbocycles. The lowest BCUT2D eigenvalue weighted by Crippen LogP contribution is -2.64. The van der Waals surface area contributed by atoms with E-state index in [-0.39, 0.29) is 30.0 Å². The average molecular weight is 428 g/mol. The van der Waals surface area contributed by atoms with Crippen molar-refractivity contribution in [1.29, 1.82) is 0 Å². The van der Waals surface area contributed by atoms with E-state index in [0.717, 1.165) is 0 Å². The number of anilines is 2. The van der Waals surface area contributed by atoms with Crippen LogP contribution >= 0.6 is 0 Å². The third kappa shape index (κ3) is 2.93. The van der Waals surface area contributed by atoms with Crippen molar-refractivity contribution >= 4 is 17.7 Å². The van der Waals surface area contributed by atoms with Crippen molar-refractivity contribution in [3.8, 4) is 0 Å². The van der Waals surface area contributed by atoms with Crippen molar-refractivity contribution < 1.29 is 27.1 Å². The van der Waals surface area contributed by atoms with Crippen LogP contribution in [0.1, 0.15) is 37.4 Å². The molecule has 0 radical (unpaired) electrons. The van der Waals surface area contributed by atoms with E-state index in [1.54, 1.807) is 0 Å². The Morgan fingerprint density at radius 1 is 1.20 bits per heavy atom. The van der Waals surface area contributed by atoms with E-state index in [4.69, 9.17) is 4.74 Å². The molecular formula is C20H24F4N4O2. The standard InChI is InChI=1S/C20H24F4N4O2/c1-10-20(23,24)9-28(10)18-25-16-11(4-3-5-19(16,21)22)17(26-18)27-7-13-12(14(13)8-27)6-15(29)30-2/h10,12-14H,3-9H2,1-2H3/t10?,12-,13-,14+. The Labute approximate surface area is 171 Å². The van der Waals surface area contributed by atoms with Crippen molar-refractivity contribution in [2.45, 2.75) is 50.5 Å². The van der Waals surface area contributed by atoms with Crippen LogP contribution in [0.15, 0.2) is 0 Å². The number of ether oxygens (including phenoxy) is 1. The Kier molecular flexibility index (Phi) is 4.25. The van der Waals surface area contributed by atoms with Crippen molar-refractivity contribution in [1.82, 2.24) is 9.97 Å². The van der Waals surface area contributed by atoms with Gasteiger partial charge in [-0.3, -0.25) is 4.79 Å². The number of carbonyl (C=O) groups excluding carboxylic acids is 1. The fraction of sp³-hybridized carbons (Fsp3) is 0.750. The van der Waals surface area contributed by atoms with Crippen LogP contribution in [-0.2, 0) is 21.9 Å². The van der Waals surface area contributed by atoms with Gasteiger partial charge in [0, 0.05) is 31.5 Å². The van der Waals surface area contributed by atoms with E-state index in [1.807, 2.05) is 4.90 Å². The second-order valence-electron chi connectivity index (χ2n) is 8.97. The maximum Gasteiger partial charge on any atom is 0.305 e.